The van der Waals surface area contributed by atoms with Crippen LogP contribution in [0.2, 0.25) is 0 Å². The van der Waals surface area contributed by atoms with Crippen LogP contribution in [0.1, 0.15) is 18.4 Å². The molecule has 8 heteroatoms. The number of aromatic nitrogens is 5. The summed E-state index contributed by atoms with van der Waals surface area (Å²) in [4.78, 5) is 13.7. The second-order valence-corrected chi connectivity index (χ2v) is 8.94. The molecule has 0 amide bonds. The van der Waals surface area contributed by atoms with Crippen LogP contribution in [0.3, 0.4) is 0 Å². The van der Waals surface area contributed by atoms with Gasteiger partial charge in [0.15, 0.2) is 0 Å². The molecule has 0 spiro atoms. The van der Waals surface area contributed by atoms with Crippen LogP contribution >= 0.6 is 0 Å². The third-order valence-corrected chi connectivity index (χ3v) is 6.35. The number of hydrogen-bond donors (Lipinski definition) is 2. The van der Waals surface area contributed by atoms with Crippen molar-refractivity contribution in [2.24, 2.45) is 0 Å². The number of nitrogens with one attached hydrogen (secondary N) is 2. The van der Waals surface area contributed by atoms with Gasteiger partial charge in [-0.1, -0.05) is 18.2 Å². The summed E-state index contributed by atoms with van der Waals surface area (Å²) in [5.74, 6) is 1.37. The van der Waals surface area contributed by atoms with Gasteiger partial charge in [0, 0.05) is 59.3 Å². The Labute approximate surface area is 209 Å². The Morgan fingerprint density at radius 2 is 1.89 bits per heavy atom. The minimum absolute atomic E-state index is 0.179. The monoisotopic (exact) mass is 477 g/mol. The fourth-order valence-corrected chi connectivity index (χ4v) is 4.46. The van der Waals surface area contributed by atoms with E-state index in [4.69, 9.17) is 9.72 Å². The third kappa shape index (κ3) is 5.04. The van der Waals surface area contributed by atoms with Crippen LogP contribution in [0.15, 0.2) is 85.6 Å². The molecule has 0 unspecified atom stereocenters. The highest BCUT2D eigenvalue weighted by Gasteiger charge is 2.18. The number of rotatable bonds is 7. The lowest BCUT2D eigenvalue weighted by Gasteiger charge is -2.25. The quantitative estimate of drug-likeness (QED) is 0.348. The maximum Gasteiger partial charge on any atom is 0.227 e. The van der Waals surface area contributed by atoms with Crippen molar-refractivity contribution in [3.05, 3.63) is 91.1 Å². The van der Waals surface area contributed by atoms with E-state index in [9.17, 15) is 0 Å². The Balaban J connectivity index is 1.27. The minimum atomic E-state index is 0.179. The van der Waals surface area contributed by atoms with Crippen molar-refractivity contribution < 1.29 is 4.74 Å². The minimum Gasteiger partial charge on any atom is -0.490 e. The smallest absolute Gasteiger partial charge is 0.227 e. The van der Waals surface area contributed by atoms with Crippen LogP contribution in [-0.2, 0) is 6.54 Å². The van der Waals surface area contributed by atoms with Gasteiger partial charge < -0.3 is 15.4 Å². The van der Waals surface area contributed by atoms with E-state index in [2.05, 4.69) is 50.0 Å². The highest BCUT2D eigenvalue weighted by molar-refractivity contribution is 5.88. The summed E-state index contributed by atoms with van der Waals surface area (Å²) < 4.78 is 8.41. The number of hydrogen-bond acceptors (Lipinski definition) is 7. The average molecular weight is 478 g/mol. The number of anilines is 2. The Morgan fingerprint density at radius 3 is 2.67 bits per heavy atom. The molecule has 1 fully saturated rings. The topological polar surface area (TPSA) is 89.8 Å². The number of benzene rings is 2. The zero-order valence-corrected chi connectivity index (χ0v) is 19.8. The molecule has 3 aromatic heterocycles. The number of nitrogens with zero attached hydrogens (tertiary/aromatic N) is 5. The molecule has 0 aliphatic carbocycles. The van der Waals surface area contributed by atoms with Gasteiger partial charge in [-0.2, -0.15) is 5.10 Å². The van der Waals surface area contributed by atoms with E-state index in [-0.39, 0.29) is 6.10 Å². The largest absolute Gasteiger partial charge is 0.490 e. The first-order valence-corrected chi connectivity index (χ1v) is 12.2. The molecule has 2 aromatic carbocycles. The first kappa shape index (κ1) is 22.2. The van der Waals surface area contributed by atoms with Crippen molar-refractivity contribution in [2.45, 2.75) is 25.5 Å². The van der Waals surface area contributed by atoms with E-state index in [0.717, 1.165) is 65.9 Å². The van der Waals surface area contributed by atoms with Gasteiger partial charge in [-0.05, 0) is 61.8 Å². The van der Waals surface area contributed by atoms with Crippen molar-refractivity contribution in [1.82, 2.24) is 30.0 Å². The normalized spacial score (nSPS) is 14.1. The summed E-state index contributed by atoms with van der Waals surface area (Å²) in [7, 11) is 0. The second-order valence-electron chi connectivity index (χ2n) is 8.94. The summed E-state index contributed by atoms with van der Waals surface area (Å²) in [6.07, 6.45) is 11.4. The van der Waals surface area contributed by atoms with E-state index < -0.39 is 0 Å². The standard InChI is InChI=1S/C28H27N7O/c1-3-21(17-30-10-1)25-15-22-18-31-28(34-26(22)16-27(25)36-24-8-12-29-13-9-24)33-23-6-4-20(5-7-23)19-35-14-2-11-32-35/h1-7,10-11,14-18,24,29H,8-9,12-13,19H2,(H,31,33,34). The lowest BCUT2D eigenvalue weighted by atomic mass is 10.0. The lowest BCUT2D eigenvalue weighted by molar-refractivity contribution is 0.163. The molecule has 5 aromatic rings. The predicted octanol–water partition coefficient (Wildman–Crippen LogP) is 4.81. The van der Waals surface area contributed by atoms with Crippen LogP contribution in [0.5, 0.6) is 5.75 Å². The Bertz CT molecular complexity index is 1430. The highest BCUT2D eigenvalue weighted by atomic mass is 16.5. The first-order chi connectivity index (χ1) is 17.8. The third-order valence-electron chi connectivity index (χ3n) is 6.35. The van der Waals surface area contributed by atoms with Gasteiger partial charge in [-0.15, -0.1) is 0 Å². The summed E-state index contributed by atoms with van der Waals surface area (Å²) in [6.45, 7) is 2.67. The van der Waals surface area contributed by atoms with Crippen LogP contribution in [-0.4, -0.2) is 43.9 Å². The van der Waals surface area contributed by atoms with E-state index in [1.165, 1.54) is 5.56 Å². The Hall–Kier alpha value is -4.30. The number of piperidine rings is 1. The molecule has 8 nitrogen and oxygen atoms in total. The molecule has 0 saturated carbocycles. The van der Waals surface area contributed by atoms with E-state index >= 15 is 0 Å². The molecule has 4 heterocycles. The van der Waals surface area contributed by atoms with Crippen molar-refractivity contribution in [1.29, 1.82) is 0 Å². The number of fused-ring (bicyclic) bond motifs is 1. The second kappa shape index (κ2) is 10.1. The van der Waals surface area contributed by atoms with E-state index in [1.807, 2.05) is 53.6 Å². The van der Waals surface area contributed by atoms with Gasteiger partial charge in [0.05, 0.1) is 12.1 Å². The van der Waals surface area contributed by atoms with Crippen molar-refractivity contribution >= 4 is 22.5 Å². The van der Waals surface area contributed by atoms with Crippen LogP contribution in [0.4, 0.5) is 11.6 Å². The van der Waals surface area contributed by atoms with Crippen LogP contribution < -0.4 is 15.4 Å². The van der Waals surface area contributed by atoms with Gasteiger partial charge >= 0.3 is 0 Å². The molecule has 0 atom stereocenters. The van der Waals surface area contributed by atoms with Gasteiger partial charge in [0.25, 0.3) is 0 Å². The molecular formula is C28H27N7O. The fraction of sp³-hybridized carbons (Fsp3) is 0.214. The summed E-state index contributed by atoms with van der Waals surface area (Å²) >= 11 is 0. The first-order valence-electron chi connectivity index (χ1n) is 12.2. The summed E-state index contributed by atoms with van der Waals surface area (Å²) in [5, 5.41) is 11.9. The van der Waals surface area contributed by atoms with Gasteiger partial charge in [0.2, 0.25) is 5.95 Å². The molecule has 1 aliphatic heterocycles. The molecule has 0 radical (unpaired) electrons. The Morgan fingerprint density at radius 1 is 1.00 bits per heavy atom. The molecule has 36 heavy (non-hydrogen) atoms. The maximum absolute atomic E-state index is 6.51. The van der Waals surface area contributed by atoms with E-state index in [0.29, 0.717) is 5.95 Å². The number of ether oxygens (including phenoxy) is 1. The lowest BCUT2D eigenvalue weighted by Crippen LogP contribution is -2.34. The molecule has 1 saturated heterocycles. The molecule has 0 bridgehead atoms. The molecule has 6 rings (SSSR count). The van der Waals surface area contributed by atoms with Crippen LogP contribution in [0.25, 0.3) is 22.0 Å². The fourth-order valence-electron chi connectivity index (χ4n) is 4.46. The molecule has 1 aliphatic rings. The van der Waals surface area contributed by atoms with Crippen molar-refractivity contribution in [2.75, 3.05) is 18.4 Å². The molecule has 180 valence electrons. The van der Waals surface area contributed by atoms with Gasteiger partial charge in [-0.3, -0.25) is 9.67 Å². The SMILES string of the molecule is c1cncc(-c2cc3cnc(Nc4ccc(Cn5cccn5)cc4)nc3cc2OC2CCNCC2)c1. The number of pyridine rings is 1. The van der Waals surface area contributed by atoms with Crippen molar-refractivity contribution in [3.8, 4) is 16.9 Å². The highest BCUT2D eigenvalue weighted by Crippen LogP contribution is 2.35. The summed E-state index contributed by atoms with van der Waals surface area (Å²) in [5.41, 5.74) is 4.95. The molecule has 2 N–H and O–H groups in total. The zero-order chi connectivity index (χ0) is 24.2. The van der Waals surface area contributed by atoms with Gasteiger partial charge in [-0.25, -0.2) is 9.97 Å². The average Bonchev–Trinajstić information content (AvgIpc) is 3.44. The van der Waals surface area contributed by atoms with Crippen LogP contribution in [0, 0.1) is 0 Å². The molecular weight excluding hydrogens is 450 g/mol. The maximum atomic E-state index is 6.51. The Kier molecular flexibility index (Phi) is 6.24. The van der Waals surface area contributed by atoms with E-state index in [1.54, 1.807) is 12.4 Å². The predicted molar refractivity (Wildman–Crippen MR) is 140 cm³/mol. The zero-order valence-electron chi connectivity index (χ0n) is 19.8. The van der Waals surface area contributed by atoms with Crippen molar-refractivity contribution in [3.63, 3.8) is 0 Å². The summed E-state index contributed by atoms with van der Waals surface area (Å²) in [6, 6.07) is 18.3. The van der Waals surface area contributed by atoms with Gasteiger partial charge in [0.1, 0.15) is 11.9 Å².